The summed E-state index contributed by atoms with van der Waals surface area (Å²) in [6, 6.07) is 3.89. The fourth-order valence-electron chi connectivity index (χ4n) is 2.34. The van der Waals surface area contributed by atoms with Gasteiger partial charge in [-0.25, -0.2) is 4.98 Å². The Hall–Kier alpha value is -1.40. The zero-order valence-electron chi connectivity index (χ0n) is 12.6. The number of nitrogens with zero attached hydrogens (tertiary/aromatic N) is 3. The maximum absolute atomic E-state index is 6.29. The normalized spacial score (nSPS) is 12.4. The van der Waals surface area contributed by atoms with Crippen molar-refractivity contribution in [2.45, 2.75) is 39.3 Å². The van der Waals surface area contributed by atoms with E-state index in [0.717, 1.165) is 40.8 Å². The molecule has 1 unspecified atom stereocenters. The molecular weight excluding hydrogens is 332 g/mol. The van der Waals surface area contributed by atoms with Crippen molar-refractivity contribution in [1.82, 2.24) is 14.8 Å². The molecule has 0 aliphatic carbocycles. The molecule has 2 heterocycles. The molecule has 0 aliphatic rings. The number of hydrogen-bond acceptors (Lipinski definition) is 4. The minimum atomic E-state index is 0.0258. The first-order valence-electron chi connectivity index (χ1n) is 7.01. The van der Waals surface area contributed by atoms with E-state index in [-0.39, 0.29) is 6.04 Å². The predicted molar refractivity (Wildman–Crippen MR) is 86.5 cm³/mol. The van der Waals surface area contributed by atoms with E-state index in [2.05, 4.69) is 32.9 Å². The smallest absolute Gasteiger partial charge is 0.212 e. The van der Waals surface area contributed by atoms with Gasteiger partial charge in [0, 0.05) is 31.3 Å². The lowest BCUT2D eigenvalue weighted by molar-refractivity contribution is 0.397. The Kier molecular flexibility index (Phi) is 5.36. The maximum Gasteiger partial charge on any atom is 0.212 e. The Bertz CT molecular complexity index is 594. The van der Waals surface area contributed by atoms with Gasteiger partial charge in [-0.15, -0.1) is 0 Å². The fourth-order valence-corrected chi connectivity index (χ4v) is 2.79. The van der Waals surface area contributed by atoms with Crippen LogP contribution in [0.1, 0.15) is 23.9 Å². The third-order valence-corrected chi connectivity index (χ3v) is 4.44. The van der Waals surface area contributed by atoms with E-state index in [9.17, 15) is 0 Å². The van der Waals surface area contributed by atoms with Crippen LogP contribution in [0.5, 0.6) is 5.88 Å². The lowest BCUT2D eigenvalue weighted by Gasteiger charge is -2.13. The highest BCUT2D eigenvalue weighted by molar-refractivity contribution is 9.10. The monoisotopic (exact) mass is 352 g/mol. The zero-order chi connectivity index (χ0) is 15.4. The van der Waals surface area contributed by atoms with Crippen LogP contribution < -0.4 is 10.5 Å². The number of aryl methyl sites for hydroxylation is 2. The molecule has 0 saturated carbocycles. The molecule has 2 N–H and O–H groups in total. The van der Waals surface area contributed by atoms with Crippen molar-refractivity contribution in [3.05, 3.63) is 39.8 Å². The maximum atomic E-state index is 6.29. The van der Waals surface area contributed by atoms with Crippen molar-refractivity contribution in [3.8, 4) is 5.88 Å². The second-order valence-electron chi connectivity index (χ2n) is 5.04. The summed E-state index contributed by atoms with van der Waals surface area (Å²) in [6.07, 6.45) is 3.37. The largest absolute Gasteiger partial charge is 0.481 e. The van der Waals surface area contributed by atoms with Gasteiger partial charge in [0.2, 0.25) is 5.88 Å². The fraction of sp³-hybridized carbons (Fsp3) is 0.467. The molecule has 114 valence electrons. The van der Waals surface area contributed by atoms with Gasteiger partial charge in [0.1, 0.15) is 0 Å². The molecule has 2 rings (SSSR count). The third-order valence-electron chi connectivity index (χ3n) is 3.41. The zero-order valence-corrected chi connectivity index (χ0v) is 14.2. The summed E-state index contributed by atoms with van der Waals surface area (Å²) >= 11 is 3.61. The van der Waals surface area contributed by atoms with E-state index in [4.69, 9.17) is 10.5 Å². The Morgan fingerprint density at radius 2 is 2.14 bits per heavy atom. The molecule has 0 bridgehead atoms. The van der Waals surface area contributed by atoms with Crippen LogP contribution in [-0.2, 0) is 19.4 Å². The molecular formula is C15H21BrN4O. The second kappa shape index (κ2) is 7.04. The molecule has 6 heteroatoms. The van der Waals surface area contributed by atoms with Gasteiger partial charge in [0.05, 0.1) is 23.0 Å². The van der Waals surface area contributed by atoms with E-state index in [1.165, 1.54) is 0 Å². The molecule has 1 atom stereocenters. The van der Waals surface area contributed by atoms with Gasteiger partial charge >= 0.3 is 0 Å². The summed E-state index contributed by atoms with van der Waals surface area (Å²) in [4.78, 5) is 4.21. The lowest BCUT2D eigenvalue weighted by Crippen LogP contribution is -2.27. The van der Waals surface area contributed by atoms with Crippen LogP contribution in [0.25, 0.3) is 0 Å². The van der Waals surface area contributed by atoms with E-state index >= 15 is 0 Å². The van der Waals surface area contributed by atoms with E-state index in [0.29, 0.717) is 5.88 Å². The average Bonchev–Trinajstić information content (AvgIpc) is 2.75. The second-order valence-corrected chi connectivity index (χ2v) is 5.83. The Morgan fingerprint density at radius 1 is 1.38 bits per heavy atom. The van der Waals surface area contributed by atoms with Crippen molar-refractivity contribution >= 4 is 15.9 Å². The van der Waals surface area contributed by atoms with Crippen LogP contribution in [0, 0.1) is 6.92 Å². The SMILES string of the molecule is CCn1nc(C)c(Br)c1CC(N)Cc1ccc(OC)nc1. The van der Waals surface area contributed by atoms with Gasteiger partial charge in [0.15, 0.2) is 0 Å². The number of hydrogen-bond donors (Lipinski definition) is 1. The van der Waals surface area contributed by atoms with Crippen LogP contribution in [0.15, 0.2) is 22.8 Å². The molecule has 2 aromatic rings. The van der Waals surface area contributed by atoms with Gasteiger partial charge in [-0.3, -0.25) is 4.68 Å². The summed E-state index contributed by atoms with van der Waals surface area (Å²) in [7, 11) is 1.61. The highest BCUT2D eigenvalue weighted by Gasteiger charge is 2.15. The van der Waals surface area contributed by atoms with Crippen molar-refractivity contribution in [2.75, 3.05) is 7.11 Å². The quantitative estimate of drug-likeness (QED) is 0.867. The number of ether oxygens (including phenoxy) is 1. The summed E-state index contributed by atoms with van der Waals surface area (Å²) in [5, 5.41) is 4.50. The minimum absolute atomic E-state index is 0.0258. The Labute approximate surface area is 133 Å². The third kappa shape index (κ3) is 3.83. The molecule has 0 aromatic carbocycles. The molecule has 0 spiro atoms. The standard InChI is InChI=1S/C15H21BrN4O/c1-4-20-13(15(16)10(2)19-20)8-12(17)7-11-5-6-14(21-3)18-9-11/h5-6,9,12H,4,7-8,17H2,1-3H3. The highest BCUT2D eigenvalue weighted by Crippen LogP contribution is 2.22. The molecule has 2 aromatic heterocycles. The van der Waals surface area contributed by atoms with Gasteiger partial charge in [0.25, 0.3) is 0 Å². The number of methoxy groups -OCH3 is 1. The van der Waals surface area contributed by atoms with E-state index in [1.807, 2.05) is 29.9 Å². The van der Waals surface area contributed by atoms with Crippen molar-refractivity contribution in [2.24, 2.45) is 5.73 Å². The van der Waals surface area contributed by atoms with Gasteiger partial charge in [-0.2, -0.15) is 5.10 Å². The van der Waals surface area contributed by atoms with E-state index < -0.39 is 0 Å². The van der Waals surface area contributed by atoms with Gasteiger partial charge in [-0.1, -0.05) is 6.07 Å². The number of pyridine rings is 1. The Balaban J connectivity index is 2.05. The number of rotatable bonds is 6. The van der Waals surface area contributed by atoms with Gasteiger partial charge < -0.3 is 10.5 Å². The number of aromatic nitrogens is 3. The molecule has 0 saturated heterocycles. The first kappa shape index (κ1) is 16.0. The molecule has 0 fully saturated rings. The lowest BCUT2D eigenvalue weighted by atomic mass is 10.0. The topological polar surface area (TPSA) is 66.0 Å². The molecule has 0 radical (unpaired) electrons. The minimum Gasteiger partial charge on any atom is -0.481 e. The molecule has 0 amide bonds. The van der Waals surface area contributed by atoms with Crippen LogP contribution in [0.3, 0.4) is 0 Å². The predicted octanol–water partition coefficient (Wildman–Crippen LogP) is 2.49. The van der Waals surface area contributed by atoms with Gasteiger partial charge in [-0.05, 0) is 41.8 Å². The number of halogens is 1. The molecule has 5 nitrogen and oxygen atoms in total. The highest BCUT2D eigenvalue weighted by atomic mass is 79.9. The number of nitrogens with two attached hydrogens (primary N) is 1. The van der Waals surface area contributed by atoms with E-state index in [1.54, 1.807) is 7.11 Å². The van der Waals surface area contributed by atoms with Crippen molar-refractivity contribution in [3.63, 3.8) is 0 Å². The first-order valence-corrected chi connectivity index (χ1v) is 7.80. The van der Waals surface area contributed by atoms with Crippen LogP contribution >= 0.6 is 15.9 Å². The van der Waals surface area contributed by atoms with Crippen LogP contribution in [-0.4, -0.2) is 27.9 Å². The first-order chi connectivity index (χ1) is 10.0. The Morgan fingerprint density at radius 3 is 2.71 bits per heavy atom. The summed E-state index contributed by atoms with van der Waals surface area (Å²) in [5.41, 5.74) is 9.56. The molecule has 0 aliphatic heterocycles. The van der Waals surface area contributed by atoms with Crippen molar-refractivity contribution in [1.29, 1.82) is 0 Å². The average molecular weight is 353 g/mol. The summed E-state index contributed by atoms with van der Waals surface area (Å²) in [6.45, 7) is 4.93. The summed E-state index contributed by atoms with van der Waals surface area (Å²) < 4.78 is 8.13. The summed E-state index contributed by atoms with van der Waals surface area (Å²) in [5.74, 6) is 0.620. The van der Waals surface area contributed by atoms with Crippen molar-refractivity contribution < 1.29 is 4.74 Å². The molecule has 21 heavy (non-hydrogen) atoms. The van der Waals surface area contributed by atoms with Crippen LogP contribution in [0.2, 0.25) is 0 Å². The van der Waals surface area contributed by atoms with Crippen LogP contribution in [0.4, 0.5) is 0 Å².